The van der Waals surface area contributed by atoms with Gasteiger partial charge in [-0.15, -0.1) is 0 Å². The van der Waals surface area contributed by atoms with E-state index in [0.717, 1.165) is 17.9 Å². The summed E-state index contributed by atoms with van der Waals surface area (Å²) in [5, 5.41) is 3.16. The Morgan fingerprint density at radius 1 is 1.23 bits per heavy atom. The van der Waals surface area contributed by atoms with E-state index >= 15 is 0 Å². The fourth-order valence-electron chi connectivity index (χ4n) is 1.14. The van der Waals surface area contributed by atoms with Crippen LogP contribution < -0.4 is 5.32 Å². The lowest BCUT2D eigenvalue weighted by molar-refractivity contribution is 0.366. The van der Waals surface area contributed by atoms with Gasteiger partial charge in [-0.2, -0.15) is 0 Å². The molecular weight excluding hydrogens is 162 g/mol. The van der Waals surface area contributed by atoms with Crippen molar-refractivity contribution in [2.24, 2.45) is 0 Å². The average Bonchev–Trinajstić information content (AvgIpc) is 2.69. The second-order valence-electron chi connectivity index (χ2n) is 2.81. The molecule has 1 N–H and O–H groups in total. The molecule has 66 valence electrons. The predicted octanol–water partition coefficient (Wildman–Crippen LogP) is 2.87. The number of allylic oxidation sites excluding steroid dienone is 1. The third kappa shape index (κ3) is 2.12. The van der Waals surface area contributed by atoms with Crippen LogP contribution in [0.25, 0.3) is 0 Å². The van der Waals surface area contributed by atoms with Crippen LogP contribution in [0.1, 0.15) is 6.42 Å². The molecular formula is C11H11NO. The molecule has 0 aliphatic carbocycles. The molecule has 1 aromatic rings. The summed E-state index contributed by atoms with van der Waals surface area (Å²) in [5.74, 6) is 0.948. The summed E-state index contributed by atoms with van der Waals surface area (Å²) in [4.78, 5) is 0. The van der Waals surface area contributed by atoms with Gasteiger partial charge in [0.25, 0.3) is 0 Å². The van der Waals surface area contributed by atoms with E-state index < -0.39 is 0 Å². The van der Waals surface area contributed by atoms with Gasteiger partial charge in [-0.25, -0.2) is 0 Å². The van der Waals surface area contributed by atoms with Crippen molar-refractivity contribution in [3.8, 4) is 0 Å². The van der Waals surface area contributed by atoms with Crippen LogP contribution in [0.2, 0.25) is 0 Å². The van der Waals surface area contributed by atoms with Crippen molar-refractivity contribution >= 4 is 5.69 Å². The van der Waals surface area contributed by atoms with Gasteiger partial charge >= 0.3 is 0 Å². The van der Waals surface area contributed by atoms with E-state index in [1.54, 1.807) is 6.26 Å². The van der Waals surface area contributed by atoms with E-state index in [1.165, 1.54) is 0 Å². The first kappa shape index (κ1) is 7.92. The minimum absolute atomic E-state index is 0.875. The van der Waals surface area contributed by atoms with Crippen molar-refractivity contribution in [1.29, 1.82) is 0 Å². The van der Waals surface area contributed by atoms with Gasteiger partial charge in [0.1, 0.15) is 5.76 Å². The lowest BCUT2D eigenvalue weighted by atomic mass is 10.3. The number of anilines is 1. The van der Waals surface area contributed by atoms with Crippen molar-refractivity contribution in [3.05, 3.63) is 54.6 Å². The smallest absolute Gasteiger partial charge is 0.123 e. The summed E-state index contributed by atoms with van der Waals surface area (Å²) in [5.41, 5.74) is 1.07. The maximum absolute atomic E-state index is 5.19. The summed E-state index contributed by atoms with van der Waals surface area (Å²) in [6.45, 7) is 0. The van der Waals surface area contributed by atoms with E-state index in [1.807, 2.05) is 42.6 Å². The average molecular weight is 173 g/mol. The summed E-state index contributed by atoms with van der Waals surface area (Å²) >= 11 is 0. The standard InChI is InChI=1S/C11H11NO/c1-2-5-10(6-3-1)12-9-11-7-4-8-13-11/h1-6,8-9,12H,7H2. The van der Waals surface area contributed by atoms with Crippen LogP contribution in [-0.4, -0.2) is 0 Å². The molecule has 0 unspecified atom stereocenters. The quantitative estimate of drug-likeness (QED) is 0.742. The summed E-state index contributed by atoms with van der Waals surface area (Å²) in [6, 6.07) is 10.0. The number of ether oxygens (including phenoxy) is 1. The molecule has 0 bridgehead atoms. The van der Waals surface area contributed by atoms with Gasteiger partial charge < -0.3 is 10.1 Å². The van der Waals surface area contributed by atoms with E-state index in [4.69, 9.17) is 4.74 Å². The molecule has 13 heavy (non-hydrogen) atoms. The van der Waals surface area contributed by atoms with Crippen LogP contribution >= 0.6 is 0 Å². The third-order valence-electron chi connectivity index (χ3n) is 1.81. The van der Waals surface area contributed by atoms with E-state index in [9.17, 15) is 0 Å². The van der Waals surface area contributed by atoms with Crippen LogP contribution in [0.5, 0.6) is 0 Å². The molecule has 0 amide bonds. The monoisotopic (exact) mass is 173 g/mol. The Hall–Kier alpha value is -1.70. The highest BCUT2D eigenvalue weighted by Crippen LogP contribution is 2.13. The number of nitrogens with one attached hydrogen (secondary N) is 1. The SMILES string of the molecule is C1=COC(=CNc2ccccc2)C1. The Balaban J connectivity index is 1.96. The van der Waals surface area contributed by atoms with Gasteiger partial charge in [0.15, 0.2) is 0 Å². The highest BCUT2D eigenvalue weighted by Gasteiger charge is 1.99. The molecule has 0 fully saturated rings. The molecule has 0 aromatic heterocycles. The molecule has 0 radical (unpaired) electrons. The lowest BCUT2D eigenvalue weighted by Gasteiger charge is -2.01. The molecule has 1 aromatic carbocycles. The molecule has 2 nitrogen and oxygen atoms in total. The molecule has 1 heterocycles. The number of hydrogen-bond donors (Lipinski definition) is 1. The van der Waals surface area contributed by atoms with Gasteiger partial charge in [-0.3, -0.25) is 0 Å². The number of benzene rings is 1. The molecule has 1 aliphatic rings. The van der Waals surface area contributed by atoms with Crippen molar-refractivity contribution in [2.75, 3.05) is 5.32 Å². The van der Waals surface area contributed by atoms with Gasteiger partial charge in [0.2, 0.25) is 0 Å². The minimum atomic E-state index is 0.875. The summed E-state index contributed by atoms with van der Waals surface area (Å²) < 4.78 is 5.19. The second-order valence-corrected chi connectivity index (χ2v) is 2.81. The molecule has 2 heteroatoms. The fourth-order valence-corrected chi connectivity index (χ4v) is 1.14. The maximum atomic E-state index is 5.19. The van der Waals surface area contributed by atoms with Crippen LogP contribution in [0, 0.1) is 0 Å². The van der Waals surface area contributed by atoms with Crippen molar-refractivity contribution in [1.82, 2.24) is 0 Å². The third-order valence-corrected chi connectivity index (χ3v) is 1.81. The minimum Gasteiger partial charge on any atom is -0.468 e. The first-order chi connectivity index (χ1) is 6.45. The topological polar surface area (TPSA) is 21.3 Å². The number of para-hydroxylation sites is 1. The molecule has 0 atom stereocenters. The van der Waals surface area contributed by atoms with Gasteiger partial charge in [0.05, 0.1) is 6.26 Å². The van der Waals surface area contributed by atoms with Crippen LogP contribution in [0.4, 0.5) is 5.69 Å². The Morgan fingerprint density at radius 2 is 2.08 bits per heavy atom. The normalized spacial score (nSPS) is 17.4. The van der Waals surface area contributed by atoms with Crippen molar-refractivity contribution < 1.29 is 4.74 Å². The molecule has 0 spiro atoms. The van der Waals surface area contributed by atoms with Gasteiger partial charge in [-0.05, 0) is 18.2 Å². The summed E-state index contributed by atoms with van der Waals surface area (Å²) in [6.07, 6.45) is 6.45. The largest absolute Gasteiger partial charge is 0.468 e. The van der Waals surface area contributed by atoms with Crippen molar-refractivity contribution in [2.45, 2.75) is 6.42 Å². The Labute approximate surface area is 77.5 Å². The Kier molecular flexibility index (Phi) is 2.32. The molecule has 0 saturated heterocycles. The zero-order valence-corrected chi connectivity index (χ0v) is 7.23. The number of rotatable bonds is 2. The first-order valence-corrected chi connectivity index (χ1v) is 4.27. The maximum Gasteiger partial charge on any atom is 0.123 e. The zero-order valence-electron chi connectivity index (χ0n) is 7.23. The molecule has 1 aliphatic heterocycles. The molecule has 2 rings (SSSR count). The highest BCUT2D eigenvalue weighted by atomic mass is 16.5. The van der Waals surface area contributed by atoms with Crippen LogP contribution in [0.15, 0.2) is 54.6 Å². The van der Waals surface area contributed by atoms with Gasteiger partial charge in [0, 0.05) is 18.3 Å². The van der Waals surface area contributed by atoms with Crippen molar-refractivity contribution in [3.63, 3.8) is 0 Å². The zero-order chi connectivity index (χ0) is 8.93. The predicted molar refractivity (Wildman–Crippen MR) is 53.0 cm³/mol. The number of hydrogen-bond acceptors (Lipinski definition) is 2. The summed E-state index contributed by atoms with van der Waals surface area (Å²) in [7, 11) is 0. The fraction of sp³-hybridized carbons (Fsp3) is 0.0909. The van der Waals surface area contributed by atoms with E-state index in [2.05, 4.69) is 5.32 Å². The van der Waals surface area contributed by atoms with Crippen LogP contribution in [0.3, 0.4) is 0 Å². The van der Waals surface area contributed by atoms with Gasteiger partial charge in [-0.1, -0.05) is 18.2 Å². The van der Waals surface area contributed by atoms with E-state index in [-0.39, 0.29) is 0 Å². The molecule has 0 saturated carbocycles. The second kappa shape index (κ2) is 3.81. The lowest BCUT2D eigenvalue weighted by Crippen LogP contribution is -1.89. The first-order valence-electron chi connectivity index (χ1n) is 4.27. The Morgan fingerprint density at radius 3 is 2.77 bits per heavy atom. The highest BCUT2D eigenvalue weighted by molar-refractivity contribution is 5.45. The van der Waals surface area contributed by atoms with E-state index in [0.29, 0.717) is 0 Å². The van der Waals surface area contributed by atoms with Crippen LogP contribution in [-0.2, 0) is 4.74 Å². The Bertz CT molecular complexity index is 317.